The molecular formula is C10H16O2. The number of carboxylic acids is 1. The second-order valence-corrected chi connectivity index (χ2v) is 2.77. The van der Waals surface area contributed by atoms with Crippen molar-refractivity contribution in [2.45, 2.75) is 32.6 Å². The van der Waals surface area contributed by atoms with Crippen LogP contribution < -0.4 is 0 Å². The van der Waals surface area contributed by atoms with Gasteiger partial charge in [-0.2, -0.15) is 0 Å². The van der Waals surface area contributed by atoms with Crippen molar-refractivity contribution in [3.63, 3.8) is 0 Å². The zero-order chi connectivity index (χ0) is 9.40. The molecule has 0 saturated heterocycles. The van der Waals surface area contributed by atoms with Crippen LogP contribution >= 0.6 is 0 Å². The lowest BCUT2D eigenvalue weighted by Gasteiger charge is -1.93. The van der Waals surface area contributed by atoms with E-state index in [-0.39, 0.29) is 6.42 Å². The van der Waals surface area contributed by atoms with Gasteiger partial charge >= 0.3 is 5.97 Å². The van der Waals surface area contributed by atoms with Crippen molar-refractivity contribution < 1.29 is 9.90 Å². The summed E-state index contributed by atoms with van der Waals surface area (Å²) < 4.78 is 0. The van der Waals surface area contributed by atoms with E-state index in [1.165, 1.54) is 0 Å². The van der Waals surface area contributed by atoms with Crippen LogP contribution in [0.15, 0.2) is 24.3 Å². The average Bonchev–Trinajstić information content (AvgIpc) is 1.97. The number of carbonyl (C=O) groups is 1. The highest BCUT2D eigenvalue weighted by atomic mass is 16.4. The Morgan fingerprint density at radius 1 is 1.58 bits per heavy atom. The zero-order valence-corrected chi connectivity index (χ0v) is 7.55. The monoisotopic (exact) mass is 168 g/mol. The van der Waals surface area contributed by atoms with Gasteiger partial charge in [0, 0.05) is 0 Å². The van der Waals surface area contributed by atoms with E-state index in [0.717, 1.165) is 19.3 Å². The molecular weight excluding hydrogens is 152 g/mol. The molecule has 0 bridgehead atoms. The summed E-state index contributed by atoms with van der Waals surface area (Å²) in [5.41, 5.74) is 0.665. The molecule has 2 heteroatoms. The van der Waals surface area contributed by atoms with Gasteiger partial charge in [-0.1, -0.05) is 38.5 Å². The predicted octanol–water partition coefficient (Wildman–Crippen LogP) is 2.76. The molecule has 0 unspecified atom stereocenters. The molecule has 0 heterocycles. The highest BCUT2D eigenvalue weighted by Crippen LogP contribution is 2.02. The molecule has 0 atom stereocenters. The first kappa shape index (κ1) is 11.0. The molecule has 0 aromatic rings. The van der Waals surface area contributed by atoms with E-state index in [1.54, 1.807) is 6.08 Å². The quantitative estimate of drug-likeness (QED) is 0.489. The lowest BCUT2D eigenvalue weighted by molar-refractivity contribution is -0.136. The van der Waals surface area contributed by atoms with Crippen LogP contribution in [-0.4, -0.2) is 11.1 Å². The van der Waals surface area contributed by atoms with Gasteiger partial charge in [-0.15, -0.1) is 0 Å². The van der Waals surface area contributed by atoms with Crippen LogP contribution in [0, 0.1) is 0 Å². The maximum atomic E-state index is 10.2. The number of hydrogen-bond donors (Lipinski definition) is 1. The lowest BCUT2D eigenvalue weighted by atomic mass is 10.1. The summed E-state index contributed by atoms with van der Waals surface area (Å²) in [5, 5.41) is 8.39. The van der Waals surface area contributed by atoms with Gasteiger partial charge in [0.25, 0.3) is 0 Å². The zero-order valence-electron chi connectivity index (χ0n) is 7.55. The summed E-state index contributed by atoms with van der Waals surface area (Å²) in [6.45, 7) is 5.75. The normalized spacial score (nSPS) is 10.4. The Hall–Kier alpha value is -1.05. The number of carboxylic acid groups (broad SMARTS) is 1. The van der Waals surface area contributed by atoms with E-state index < -0.39 is 5.97 Å². The minimum absolute atomic E-state index is 0.0443. The first-order chi connectivity index (χ1) is 5.66. The number of allylic oxidation sites excluding steroid dienone is 2. The third-order valence-electron chi connectivity index (χ3n) is 1.46. The number of hydrogen-bond acceptors (Lipinski definition) is 1. The molecule has 0 radical (unpaired) electrons. The standard InChI is InChI=1S/C10H16O2/c1-3-4-5-6-7-9(2)8-10(11)12/h6-7H,2-5,8H2,1H3,(H,11,12). The molecule has 0 saturated carbocycles. The van der Waals surface area contributed by atoms with E-state index in [1.807, 2.05) is 6.08 Å². The average molecular weight is 168 g/mol. The van der Waals surface area contributed by atoms with E-state index in [0.29, 0.717) is 5.57 Å². The maximum absolute atomic E-state index is 10.2. The summed E-state index contributed by atoms with van der Waals surface area (Å²) in [5.74, 6) is -0.819. The Kier molecular flexibility index (Phi) is 6.07. The Labute approximate surface area is 73.6 Å². The van der Waals surface area contributed by atoms with Crippen LogP contribution in [0.4, 0.5) is 0 Å². The van der Waals surface area contributed by atoms with Crippen molar-refractivity contribution in [1.82, 2.24) is 0 Å². The third kappa shape index (κ3) is 7.06. The summed E-state index contributed by atoms with van der Waals surface area (Å²) in [4.78, 5) is 10.2. The minimum atomic E-state index is -0.819. The fraction of sp³-hybridized carbons (Fsp3) is 0.500. The SMILES string of the molecule is C=C(C=CCCCC)CC(=O)O. The number of aliphatic carboxylic acids is 1. The van der Waals surface area contributed by atoms with Gasteiger partial charge < -0.3 is 5.11 Å². The lowest BCUT2D eigenvalue weighted by Crippen LogP contribution is -1.94. The number of rotatable bonds is 6. The molecule has 2 nitrogen and oxygen atoms in total. The maximum Gasteiger partial charge on any atom is 0.307 e. The van der Waals surface area contributed by atoms with Crippen molar-refractivity contribution >= 4 is 5.97 Å². The van der Waals surface area contributed by atoms with Crippen LogP contribution in [-0.2, 0) is 4.79 Å². The molecule has 0 spiro atoms. The second kappa shape index (κ2) is 6.65. The molecule has 0 amide bonds. The van der Waals surface area contributed by atoms with Crippen LogP contribution in [0.25, 0.3) is 0 Å². The molecule has 68 valence electrons. The van der Waals surface area contributed by atoms with Crippen LogP contribution in [0.1, 0.15) is 32.6 Å². The third-order valence-corrected chi connectivity index (χ3v) is 1.46. The summed E-state index contributed by atoms with van der Waals surface area (Å²) in [6.07, 6.45) is 7.14. The highest BCUT2D eigenvalue weighted by molar-refractivity contribution is 5.70. The molecule has 0 fully saturated rings. The smallest absolute Gasteiger partial charge is 0.307 e. The molecule has 0 aliphatic heterocycles. The summed E-state index contributed by atoms with van der Waals surface area (Å²) >= 11 is 0. The van der Waals surface area contributed by atoms with Crippen molar-refractivity contribution in [3.8, 4) is 0 Å². The van der Waals surface area contributed by atoms with Crippen molar-refractivity contribution in [3.05, 3.63) is 24.3 Å². The van der Waals surface area contributed by atoms with E-state index in [9.17, 15) is 4.79 Å². The van der Waals surface area contributed by atoms with Crippen molar-refractivity contribution in [1.29, 1.82) is 0 Å². The summed E-state index contributed by atoms with van der Waals surface area (Å²) in [6, 6.07) is 0. The minimum Gasteiger partial charge on any atom is -0.481 e. The largest absolute Gasteiger partial charge is 0.481 e. The van der Waals surface area contributed by atoms with Gasteiger partial charge in [0.1, 0.15) is 0 Å². The fourth-order valence-corrected chi connectivity index (χ4v) is 0.825. The second-order valence-electron chi connectivity index (χ2n) is 2.77. The van der Waals surface area contributed by atoms with Crippen LogP contribution in [0.2, 0.25) is 0 Å². The molecule has 12 heavy (non-hydrogen) atoms. The molecule has 0 rings (SSSR count). The Morgan fingerprint density at radius 2 is 2.25 bits per heavy atom. The van der Waals surface area contributed by atoms with Crippen molar-refractivity contribution in [2.24, 2.45) is 0 Å². The molecule has 0 aliphatic rings. The molecule has 0 aliphatic carbocycles. The van der Waals surface area contributed by atoms with Crippen LogP contribution in [0.5, 0.6) is 0 Å². The van der Waals surface area contributed by atoms with Gasteiger partial charge in [0.2, 0.25) is 0 Å². The Morgan fingerprint density at radius 3 is 2.75 bits per heavy atom. The van der Waals surface area contributed by atoms with Gasteiger partial charge in [-0.3, -0.25) is 4.79 Å². The summed E-state index contributed by atoms with van der Waals surface area (Å²) in [7, 11) is 0. The molecule has 0 aromatic carbocycles. The first-order valence-corrected chi connectivity index (χ1v) is 4.23. The number of unbranched alkanes of at least 4 members (excludes halogenated alkanes) is 2. The van der Waals surface area contributed by atoms with Crippen LogP contribution in [0.3, 0.4) is 0 Å². The van der Waals surface area contributed by atoms with E-state index in [4.69, 9.17) is 5.11 Å². The Balaban J connectivity index is 3.54. The predicted molar refractivity (Wildman–Crippen MR) is 50.1 cm³/mol. The topological polar surface area (TPSA) is 37.3 Å². The van der Waals surface area contributed by atoms with E-state index >= 15 is 0 Å². The first-order valence-electron chi connectivity index (χ1n) is 4.23. The highest BCUT2D eigenvalue weighted by Gasteiger charge is 1.96. The molecule has 0 aromatic heterocycles. The van der Waals surface area contributed by atoms with Crippen molar-refractivity contribution in [2.75, 3.05) is 0 Å². The Bertz CT molecular complexity index is 180. The van der Waals surface area contributed by atoms with Gasteiger partial charge in [0.05, 0.1) is 6.42 Å². The fourth-order valence-electron chi connectivity index (χ4n) is 0.825. The van der Waals surface area contributed by atoms with Gasteiger partial charge in [0.15, 0.2) is 0 Å². The van der Waals surface area contributed by atoms with Gasteiger partial charge in [-0.05, 0) is 12.0 Å². The van der Waals surface area contributed by atoms with Gasteiger partial charge in [-0.25, -0.2) is 0 Å². The molecule has 1 N–H and O–H groups in total. The van der Waals surface area contributed by atoms with E-state index in [2.05, 4.69) is 13.5 Å².